The molecule has 0 atom stereocenters. The van der Waals surface area contributed by atoms with Gasteiger partial charge in [0.1, 0.15) is 5.75 Å². The molecule has 0 aromatic heterocycles. The molecule has 0 spiro atoms. The lowest BCUT2D eigenvalue weighted by Gasteiger charge is -2.11. The molecule has 0 saturated heterocycles. The van der Waals surface area contributed by atoms with E-state index in [4.69, 9.17) is 4.74 Å². The van der Waals surface area contributed by atoms with Crippen molar-refractivity contribution in [2.45, 2.75) is 26.8 Å². The number of ether oxygens (including phenoxy) is 1. The smallest absolute Gasteiger partial charge is 0.275 e. The molecular formula is C13H21N3O3. The number of rotatable bonds is 8. The van der Waals surface area contributed by atoms with Crippen LogP contribution in [-0.2, 0) is 0 Å². The van der Waals surface area contributed by atoms with Gasteiger partial charge in [0.25, 0.3) is 5.69 Å². The molecule has 6 heteroatoms. The van der Waals surface area contributed by atoms with E-state index >= 15 is 0 Å². The molecule has 1 rings (SSSR count). The van der Waals surface area contributed by atoms with Crippen molar-refractivity contribution >= 4 is 11.4 Å². The van der Waals surface area contributed by atoms with Crippen molar-refractivity contribution in [3.63, 3.8) is 0 Å². The van der Waals surface area contributed by atoms with Gasteiger partial charge in [-0.05, 0) is 6.92 Å². The van der Waals surface area contributed by atoms with Gasteiger partial charge in [-0.15, -0.1) is 0 Å². The largest absolute Gasteiger partial charge is 0.494 e. The number of hydrogen-bond acceptors (Lipinski definition) is 5. The minimum Gasteiger partial charge on any atom is -0.494 e. The van der Waals surface area contributed by atoms with Gasteiger partial charge < -0.3 is 15.4 Å². The SMILES string of the molecule is CCOc1cc(NCCNC(C)C)cc([N+](=O)[O-])c1. The summed E-state index contributed by atoms with van der Waals surface area (Å²) < 4.78 is 5.32. The van der Waals surface area contributed by atoms with Crippen molar-refractivity contribution in [2.75, 3.05) is 25.0 Å². The Kier molecular flexibility index (Phi) is 6.08. The molecule has 0 aliphatic carbocycles. The van der Waals surface area contributed by atoms with Gasteiger partial charge >= 0.3 is 0 Å². The van der Waals surface area contributed by atoms with Gasteiger partial charge in [0, 0.05) is 37.0 Å². The molecule has 0 saturated carbocycles. The Morgan fingerprint density at radius 2 is 2.05 bits per heavy atom. The first-order chi connectivity index (χ1) is 9.02. The Morgan fingerprint density at radius 1 is 1.32 bits per heavy atom. The normalized spacial score (nSPS) is 10.5. The number of hydrogen-bond donors (Lipinski definition) is 2. The van der Waals surface area contributed by atoms with E-state index in [1.165, 1.54) is 12.1 Å². The van der Waals surface area contributed by atoms with Gasteiger partial charge in [0.15, 0.2) is 0 Å². The Balaban J connectivity index is 2.67. The number of anilines is 1. The van der Waals surface area contributed by atoms with E-state index in [0.29, 0.717) is 30.6 Å². The van der Waals surface area contributed by atoms with E-state index in [1.54, 1.807) is 6.07 Å². The highest BCUT2D eigenvalue weighted by Crippen LogP contribution is 2.25. The third-order valence-electron chi connectivity index (χ3n) is 2.42. The number of nitro benzene ring substituents is 1. The molecule has 19 heavy (non-hydrogen) atoms. The lowest BCUT2D eigenvalue weighted by Crippen LogP contribution is -2.28. The Bertz CT molecular complexity index is 422. The van der Waals surface area contributed by atoms with Crippen LogP contribution in [0.3, 0.4) is 0 Å². The maximum absolute atomic E-state index is 10.8. The zero-order chi connectivity index (χ0) is 14.3. The number of nitrogens with one attached hydrogen (secondary N) is 2. The average molecular weight is 267 g/mol. The lowest BCUT2D eigenvalue weighted by molar-refractivity contribution is -0.384. The number of nitrogens with zero attached hydrogens (tertiary/aromatic N) is 1. The number of non-ortho nitro benzene ring substituents is 1. The first kappa shape index (κ1) is 15.2. The highest BCUT2D eigenvalue weighted by atomic mass is 16.6. The van der Waals surface area contributed by atoms with E-state index in [1.807, 2.05) is 6.92 Å². The van der Waals surface area contributed by atoms with Crippen molar-refractivity contribution in [3.8, 4) is 5.75 Å². The molecule has 106 valence electrons. The third kappa shape index (κ3) is 5.56. The van der Waals surface area contributed by atoms with Crippen molar-refractivity contribution in [3.05, 3.63) is 28.3 Å². The molecule has 6 nitrogen and oxygen atoms in total. The van der Waals surface area contributed by atoms with Crippen LogP contribution in [0.2, 0.25) is 0 Å². The van der Waals surface area contributed by atoms with Crippen LogP contribution < -0.4 is 15.4 Å². The third-order valence-corrected chi connectivity index (χ3v) is 2.42. The second-order valence-electron chi connectivity index (χ2n) is 4.44. The molecule has 0 heterocycles. The van der Waals surface area contributed by atoms with Gasteiger partial charge in [0.05, 0.1) is 17.6 Å². The molecule has 0 fully saturated rings. The topological polar surface area (TPSA) is 76.4 Å². The van der Waals surface area contributed by atoms with Crippen molar-refractivity contribution < 1.29 is 9.66 Å². The van der Waals surface area contributed by atoms with Crippen molar-refractivity contribution in [1.82, 2.24) is 5.32 Å². The summed E-state index contributed by atoms with van der Waals surface area (Å²) in [5.74, 6) is 0.510. The van der Waals surface area contributed by atoms with Crippen LogP contribution >= 0.6 is 0 Å². The summed E-state index contributed by atoms with van der Waals surface area (Å²) >= 11 is 0. The fourth-order valence-corrected chi connectivity index (χ4v) is 1.61. The minimum atomic E-state index is -0.417. The fraction of sp³-hybridized carbons (Fsp3) is 0.538. The second-order valence-corrected chi connectivity index (χ2v) is 4.44. The summed E-state index contributed by atoms with van der Waals surface area (Å²) in [6.07, 6.45) is 0. The maximum atomic E-state index is 10.8. The summed E-state index contributed by atoms with van der Waals surface area (Å²) in [4.78, 5) is 10.4. The Labute approximate surface area is 113 Å². The molecule has 0 bridgehead atoms. The van der Waals surface area contributed by atoms with E-state index in [9.17, 15) is 10.1 Å². The van der Waals surface area contributed by atoms with E-state index in [-0.39, 0.29) is 5.69 Å². The van der Waals surface area contributed by atoms with E-state index < -0.39 is 4.92 Å². The summed E-state index contributed by atoms with van der Waals surface area (Å²) in [7, 11) is 0. The monoisotopic (exact) mass is 267 g/mol. The van der Waals surface area contributed by atoms with Gasteiger partial charge in [0.2, 0.25) is 0 Å². The van der Waals surface area contributed by atoms with Gasteiger partial charge in [-0.1, -0.05) is 13.8 Å². The van der Waals surface area contributed by atoms with Gasteiger partial charge in [-0.2, -0.15) is 0 Å². The quantitative estimate of drug-likeness (QED) is 0.429. The van der Waals surface area contributed by atoms with Crippen LogP contribution in [0.15, 0.2) is 18.2 Å². The van der Waals surface area contributed by atoms with E-state index in [2.05, 4.69) is 24.5 Å². The summed E-state index contributed by atoms with van der Waals surface area (Å²) in [6, 6.07) is 5.14. The molecule has 0 aliphatic rings. The average Bonchev–Trinajstić information content (AvgIpc) is 2.34. The maximum Gasteiger partial charge on any atom is 0.275 e. The standard InChI is InChI=1S/C13H21N3O3/c1-4-19-13-8-11(7-12(9-13)16(17)18)15-6-5-14-10(2)3/h7-10,14-15H,4-6H2,1-3H3. The highest BCUT2D eigenvalue weighted by Gasteiger charge is 2.10. The molecule has 0 radical (unpaired) electrons. The van der Waals surface area contributed by atoms with Crippen LogP contribution in [0.25, 0.3) is 0 Å². The molecule has 0 aliphatic heterocycles. The molecule has 2 N–H and O–H groups in total. The predicted molar refractivity (Wildman–Crippen MR) is 75.9 cm³/mol. The molecule has 0 amide bonds. The Hall–Kier alpha value is -1.82. The summed E-state index contributed by atoms with van der Waals surface area (Å²) in [5.41, 5.74) is 0.730. The van der Waals surface area contributed by atoms with Crippen LogP contribution in [0.1, 0.15) is 20.8 Å². The number of nitro groups is 1. The van der Waals surface area contributed by atoms with Gasteiger partial charge in [-0.25, -0.2) is 0 Å². The summed E-state index contributed by atoms with van der Waals surface area (Å²) in [6.45, 7) is 7.96. The molecule has 1 aromatic carbocycles. The first-order valence-electron chi connectivity index (χ1n) is 6.42. The van der Waals surface area contributed by atoms with Crippen LogP contribution in [0.4, 0.5) is 11.4 Å². The highest BCUT2D eigenvalue weighted by molar-refractivity contribution is 5.56. The lowest BCUT2D eigenvalue weighted by atomic mass is 10.2. The van der Waals surface area contributed by atoms with Crippen LogP contribution in [-0.4, -0.2) is 30.7 Å². The Morgan fingerprint density at radius 3 is 2.63 bits per heavy atom. The van der Waals surface area contributed by atoms with Crippen molar-refractivity contribution in [2.24, 2.45) is 0 Å². The first-order valence-corrected chi connectivity index (χ1v) is 6.42. The zero-order valence-electron chi connectivity index (χ0n) is 11.6. The number of benzene rings is 1. The van der Waals surface area contributed by atoms with Crippen LogP contribution in [0.5, 0.6) is 5.75 Å². The molecule has 1 aromatic rings. The molecular weight excluding hydrogens is 246 g/mol. The fourth-order valence-electron chi connectivity index (χ4n) is 1.61. The zero-order valence-corrected chi connectivity index (χ0v) is 11.6. The predicted octanol–water partition coefficient (Wildman–Crippen LogP) is 2.40. The van der Waals surface area contributed by atoms with Crippen LogP contribution in [0, 0.1) is 10.1 Å². The van der Waals surface area contributed by atoms with E-state index in [0.717, 1.165) is 6.54 Å². The minimum absolute atomic E-state index is 0.0327. The second kappa shape index (κ2) is 7.58. The molecule has 0 unspecified atom stereocenters. The van der Waals surface area contributed by atoms with Crippen molar-refractivity contribution in [1.29, 1.82) is 0 Å². The van der Waals surface area contributed by atoms with Gasteiger partial charge in [-0.3, -0.25) is 10.1 Å². The summed E-state index contributed by atoms with van der Waals surface area (Å²) in [5, 5.41) is 17.3.